The number of carboxylic acids is 1. The average molecular weight is 646 g/mol. The van der Waals surface area contributed by atoms with E-state index in [2.05, 4.69) is 20.9 Å². The summed E-state index contributed by atoms with van der Waals surface area (Å²) < 4.78 is 0. The van der Waals surface area contributed by atoms with E-state index in [9.17, 15) is 29.4 Å². The largest absolute Gasteiger partial charge is 0.508 e. The molecule has 12 heteroatoms. The fraction of sp³-hybridized carbons (Fsp3) is 0.294. The highest BCUT2D eigenvalue weighted by Crippen LogP contribution is 2.19. The molecule has 8 N–H and O–H groups in total. The van der Waals surface area contributed by atoms with Crippen LogP contribution in [-0.4, -0.2) is 75.1 Å². The molecule has 4 rings (SSSR count). The van der Waals surface area contributed by atoms with Crippen LogP contribution in [0.25, 0.3) is 10.9 Å². The Hall–Kier alpha value is -4.81. The molecule has 1 aromatic heterocycles. The Morgan fingerprint density at radius 2 is 1.33 bits per heavy atom. The van der Waals surface area contributed by atoms with Crippen molar-refractivity contribution >= 4 is 46.4 Å². The second kappa shape index (κ2) is 16.5. The zero-order chi connectivity index (χ0) is 33.1. The number of hydrogen-bond donors (Lipinski definition) is 7. The Morgan fingerprint density at radius 3 is 1.96 bits per heavy atom. The van der Waals surface area contributed by atoms with Gasteiger partial charge in [0, 0.05) is 29.9 Å². The van der Waals surface area contributed by atoms with Gasteiger partial charge in [0.15, 0.2) is 0 Å². The van der Waals surface area contributed by atoms with Crippen LogP contribution >= 0.6 is 11.8 Å². The van der Waals surface area contributed by atoms with Crippen molar-refractivity contribution in [1.82, 2.24) is 20.9 Å². The number of H-pyrrole nitrogens is 1. The lowest BCUT2D eigenvalue weighted by atomic mass is 10.0. The molecule has 4 unspecified atom stereocenters. The number of carbonyl (C=O) groups is 4. The molecular formula is C34H39N5O6S. The quantitative estimate of drug-likeness (QED) is 0.0969. The summed E-state index contributed by atoms with van der Waals surface area (Å²) in [6, 6.07) is 18.5. The SMILES string of the molecule is CSCCC(NC(=O)C(Cc1ccc(O)cc1)NC(=O)C(Cc1ccccc1)NC(=O)C(N)Cc1c[nH]c2ccccc12)C(=O)O. The zero-order valence-electron chi connectivity index (χ0n) is 25.4. The molecule has 0 aliphatic rings. The van der Waals surface area contributed by atoms with Crippen LogP contribution in [-0.2, 0) is 38.4 Å². The molecule has 0 aliphatic heterocycles. The maximum absolute atomic E-state index is 13.8. The second-order valence-corrected chi connectivity index (χ2v) is 12.0. The van der Waals surface area contributed by atoms with Gasteiger partial charge in [-0.15, -0.1) is 0 Å². The molecule has 3 amide bonds. The lowest BCUT2D eigenvalue weighted by molar-refractivity contribution is -0.142. The molecule has 0 fully saturated rings. The van der Waals surface area contributed by atoms with E-state index in [0.29, 0.717) is 11.3 Å². The Morgan fingerprint density at radius 1 is 0.761 bits per heavy atom. The van der Waals surface area contributed by atoms with Gasteiger partial charge in [0.05, 0.1) is 6.04 Å². The molecule has 4 atom stereocenters. The summed E-state index contributed by atoms with van der Waals surface area (Å²) in [5.74, 6) is -2.50. The van der Waals surface area contributed by atoms with Crippen molar-refractivity contribution in [3.8, 4) is 5.75 Å². The number of fused-ring (bicyclic) bond motifs is 1. The summed E-state index contributed by atoms with van der Waals surface area (Å²) in [6.07, 6.45) is 4.21. The molecule has 11 nitrogen and oxygen atoms in total. The normalized spacial score (nSPS) is 13.7. The van der Waals surface area contributed by atoms with Gasteiger partial charge >= 0.3 is 5.97 Å². The fourth-order valence-electron chi connectivity index (χ4n) is 5.08. The number of phenolic OH excluding ortho intramolecular Hbond substituents is 1. The maximum atomic E-state index is 13.8. The summed E-state index contributed by atoms with van der Waals surface area (Å²) in [4.78, 5) is 55.7. The number of aliphatic carboxylic acids is 1. The highest BCUT2D eigenvalue weighted by atomic mass is 32.2. The molecule has 1 heterocycles. The minimum atomic E-state index is -1.18. The number of amides is 3. The predicted molar refractivity (Wildman–Crippen MR) is 178 cm³/mol. The average Bonchev–Trinajstić information content (AvgIpc) is 3.46. The van der Waals surface area contributed by atoms with Crippen molar-refractivity contribution < 1.29 is 29.4 Å². The van der Waals surface area contributed by atoms with Crippen LogP contribution in [0.2, 0.25) is 0 Å². The smallest absolute Gasteiger partial charge is 0.326 e. The molecule has 3 aromatic carbocycles. The van der Waals surface area contributed by atoms with Crippen LogP contribution in [0.15, 0.2) is 85.1 Å². The maximum Gasteiger partial charge on any atom is 0.326 e. The van der Waals surface area contributed by atoms with Crippen molar-refractivity contribution in [2.45, 2.75) is 49.9 Å². The molecule has 242 valence electrons. The number of rotatable bonds is 16. The summed E-state index contributed by atoms with van der Waals surface area (Å²) >= 11 is 1.45. The first-order valence-electron chi connectivity index (χ1n) is 14.9. The molecule has 0 radical (unpaired) electrons. The number of benzene rings is 3. The summed E-state index contributed by atoms with van der Waals surface area (Å²) in [5.41, 5.74) is 9.51. The standard InChI is InChI=1S/C34H39N5O6S/c1-46-16-15-28(34(44)45)37-32(42)30(18-22-11-13-24(40)14-12-22)39-33(43)29(17-21-7-3-2-4-8-21)38-31(41)26(35)19-23-20-36-27-10-6-5-9-25(23)27/h2-14,20,26,28-30,36,40H,15-19,35H2,1H3,(H,37,42)(H,38,41)(H,39,43)(H,44,45). The minimum Gasteiger partial charge on any atom is -0.508 e. The van der Waals surface area contributed by atoms with E-state index in [1.807, 2.05) is 67.0 Å². The predicted octanol–water partition coefficient (Wildman–Crippen LogP) is 2.52. The number of nitrogens with two attached hydrogens (primary N) is 1. The lowest BCUT2D eigenvalue weighted by Gasteiger charge is -2.25. The van der Waals surface area contributed by atoms with Gasteiger partial charge in [-0.3, -0.25) is 14.4 Å². The van der Waals surface area contributed by atoms with Gasteiger partial charge in [-0.1, -0.05) is 60.7 Å². The summed E-state index contributed by atoms with van der Waals surface area (Å²) in [7, 11) is 0. The van der Waals surface area contributed by atoms with E-state index in [4.69, 9.17) is 5.73 Å². The van der Waals surface area contributed by atoms with E-state index in [-0.39, 0.29) is 31.4 Å². The molecule has 4 aromatic rings. The fourth-order valence-corrected chi connectivity index (χ4v) is 5.55. The van der Waals surface area contributed by atoms with Crippen LogP contribution < -0.4 is 21.7 Å². The number of hydrogen-bond acceptors (Lipinski definition) is 7. The second-order valence-electron chi connectivity index (χ2n) is 11.0. The van der Waals surface area contributed by atoms with Crippen molar-refractivity contribution in [3.05, 3.63) is 102 Å². The molecule has 0 spiro atoms. The van der Waals surface area contributed by atoms with Gasteiger partial charge in [0.2, 0.25) is 17.7 Å². The van der Waals surface area contributed by atoms with Crippen LogP contribution in [0.5, 0.6) is 5.75 Å². The van der Waals surface area contributed by atoms with E-state index in [0.717, 1.165) is 22.0 Å². The molecular weight excluding hydrogens is 606 g/mol. The molecule has 0 saturated heterocycles. The first kappa shape index (κ1) is 34.1. The Balaban J connectivity index is 1.54. The number of aromatic hydroxyl groups is 1. The van der Waals surface area contributed by atoms with Gasteiger partial charge in [-0.25, -0.2) is 4.79 Å². The Labute approximate surface area is 271 Å². The number of aromatic nitrogens is 1. The highest BCUT2D eigenvalue weighted by Gasteiger charge is 2.31. The number of para-hydroxylation sites is 1. The number of phenols is 1. The zero-order valence-corrected chi connectivity index (χ0v) is 26.3. The van der Waals surface area contributed by atoms with Crippen LogP contribution in [0.3, 0.4) is 0 Å². The van der Waals surface area contributed by atoms with Crippen molar-refractivity contribution in [1.29, 1.82) is 0 Å². The number of aromatic amines is 1. The van der Waals surface area contributed by atoms with E-state index < -0.39 is 47.9 Å². The van der Waals surface area contributed by atoms with Crippen LogP contribution in [0, 0.1) is 0 Å². The monoisotopic (exact) mass is 645 g/mol. The Kier molecular flexibility index (Phi) is 12.2. The first-order valence-corrected chi connectivity index (χ1v) is 16.3. The number of carboxylic acid groups (broad SMARTS) is 1. The van der Waals surface area contributed by atoms with E-state index in [1.54, 1.807) is 12.1 Å². The van der Waals surface area contributed by atoms with Gasteiger partial charge < -0.3 is 36.9 Å². The van der Waals surface area contributed by atoms with Crippen molar-refractivity contribution in [3.63, 3.8) is 0 Å². The Bertz CT molecular complexity index is 1630. The lowest BCUT2D eigenvalue weighted by Crippen LogP contribution is -2.58. The third-order valence-electron chi connectivity index (χ3n) is 7.60. The van der Waals surface area contributed by atoms with Crippen molar-refractivity contribution in [2.75, 3.05) is 12.0 Å². The van der Waals surface area contributed by atoms with E-state index in [1.165, 1.54) is 23.9 Å². The number of nitrogens with one attached hydrogen (secondary N) is 4. The number of carbonyl (C=O) groups excluding carboxylic acids is 3. The summed E-state index contributed by atoms with van der Waals surface area (Å²) in [5, 5.41) is 28.4. The molecule has 0 bridgehead atoms. The van der Waals surface area contributed by atoms with E-state index >= 15 is 0 Å². The third kappa shape index (κ3) is 9.59. The molecule has 46 heavy (non-hydrogen) atoms. The van der Waals surface area contributed by atoms with Crippen LogP contribution in [0.1, 0.15) is 23.1 Å². The minimum absolute atomic E-state index is 0.0127. The third-order valence-corrected chi connectivity index (χ3v) is 8.25. The first-order chi connectivity index (χ1) is 22.1. The van der Waals surface area contributed by atoms with Crippen LogP contribution in [0.4, 0.5) is 0 Å². The topological polar surface area (TPSA) is 187 Å². The molecule has 0 aliphatic carbocycles. The van der Waals surface area contributed by atoms with Gasteiger partial charge in [0.1, 0.15) is 23.9 Å². The van der Waals surface area contributed by atoms with Crippen molar-refractivity contribution in [2.24, 2.45) is 5.73 Å². The van der Waals surface area contributed by atoms with Gasteiger partial charge in [-0.05, 0) is 59.7 Å². The van der Waals surface area contributed by atoms with Gasteiger partial charge in [0.25, 0.3) is 0 Å². The number of thioether (sulfide) groups is 1. The highest BCUT2D eigenvalue weighted by molar-refractivity contribution is 7.98. The van der Waals surface area contributed by atoms with Gasteiger partial charge in [-0.2, -0.15) is 11.8 Å². The molecule has 0 saturated carbocycles. The summed E-state index contributed by atoms with van der Waals surface area (Å²) in [6.45, 7) is 0.